The SMILES string of the molecule is COc1cc2nccc(OC3=CCC(C)C=C3)c2cc1OC. The normalized spacial score (nSPS) is 17.2. The predicted octanol–water partition coefficient (Wildman–Crippen LogP) is 4.11. The molecule has 1 aliphatic carbocycles. The fraction of sp³-hybridized carbons (Fsp3) is 0.278. The molecule has 0 fully saturated rings. The van der Waals surface area contributed by atoms with Gasteiger partial charge < -0.3 is 14.2 Å². The van der Waals surface area contributed by atoms with Gasteiger partial charge in [-0.3, -0.25) is 4.98 Å². The van der Waals surface area contributed by atoms with Crippen LogP contribution in [-0.4, -0.2) is 19.2 Å². The molecule has 1 aromatic carbocycles. The Morgan fingerprint density at radius 3 is 2.55 bits per heavy atom. The van der Waals surface area contributed by atoms with E-state index in [2.05, 4.69) is 24.1 Å². The monoisotopic (exact) mass is 297 g/mol. The van der Waals surface area contributed by atoms with E-state index in [0.717, 1.165) is 28.8 Å². The summed E-state index contributed by atoms with van der Waals surface area (Å²) in [5.74, 6) is 3.50. The summed E-state index contributed by atoms with van der Waals surface area (Å²) in [5.41, 5.74) is 0.809. The summed E-state index contributed by atoms with van der Waals surface area (Å²) in [6.45, 7) is 2.18. The topological polar surface area (TPSA) is 40.6 Å². The van der Waals surface area contributed by atoms with E-state index in [9.17, 15) is 0 Å². The second-order valence-electron chi connectivity index (χ2n) is 5.31. The molecule has 114 valence electrons. The summed E-state index contributed by atoms with van der Waals surface area (Å²) in [5, 5.41) is 0.896. The number of nitrogens with zero attached hydrogens (tertiary/aromatic N) is 1. The van der Waals surface area contributed by atoms with Gasteiger partial charge in [-0.1, -0.05) is 13.0 Å². The number of hydrogen-bond acceptors (Lipinski definition) is 4. The maximum absolute atomic E-state index is 6.03. The first-order valence-corrected chi connectivity index (χ1v) is 7.28. The van der Waals surface area contributed by atoms with Gasteiger partial charge in [0.15, 0.2) is 11.5 Å². The summed E-state index contributed by atoms with van der Waals surface area (Å²) in [6, 6.07) is 5.61. The molecule has 1 aromatic heterocycles. The third-order valence-corrected chi connectivity index (χ3v) is 3.71. The van der Waals surface area contributed by atoms with Crippen molar-refractivity contribution in [3.63, 3.8) is 0 Å². The maximum atomic E-state index is 6.03. The number of methoxy groups -OCH3 is 2. The maximum Gasteiger partial charge on any atom is 0.162 e. The highest BCUT2D eigenvalue weighted by Crippen LogP contribution is 2.36. The Morgan fingerprint density at radius 1 is 1.09 bits per heavy atom. The Labute approximate surface area is 130 Å². The number of ether oxygens (including phenoxy) is 3. The highest BCUT2D eigenvalue weighted by Gasteiger charge is 2.12. The molecule has 1 aliphatic rings. The zero-order chi connectivity index (χ0) is 15.5. The molecule has 4 heteroatoms. The van der Waals surface area contributed by atoms with Crippen LogP contribution < -0.4 is 14.2 Å². The Hall–Kier alpha value is -2.49. The van der Waals surface area contributed by atoms with Gasteiger partial charge in [0.1, 0.15) is 11.5 Å². The first-order chi connectivity index (χ1) is 10.7. The number of allylic oxidation sites excluding steroid dienone is 3. The Bertz CT molecular complexity index is 749. The van der Waals surface area contributed by atoms with Crippen LogP contribution in [0.4, 0.5) is 0 Å². The van der Waals surface area contributed by atoms with E-state index in [-0.39, 0.29) is 0 Å². The van der Waals surface area contributed by atoms with E-state index in [4.69, 9.17) is 14.2 Å². The van der Waals surface area contributed by atoms with Crippen LogP contribution in [0.3, 0.4) is 0 Å². The van der Waals surface area contributed by atoms with Gasteiger partial charge in [-0.15, -0.1) is 0 Å². The molecule has 0 N–H and O–H groups in total. The van der Waals surface area contributed by atoms with E-state index in [1.807, 2.05) is 24.3 Å². The largest absolute Gasteiger partial charge is 0.493 e. The summed E-state index contributed by atoms with van der Waals surface area (Å²) >= 11 is 0. The zero-order valence-electron chi connectivity index (χ0n) is 13.0. The molecule has 22 heavy (non-hydrogen) atoms. The molecule has 0 bridgehead atoms. The molecule has 0 amide bonds. The Morgan fingerprint density at radius 2 is 1.86 bits per heavy atom. The number of hydrogen-bond donors (Lipinski definition) is 0. The average molecular weight is 297 g/mol. The van der Waals surface area contributed by atoms with Crippen LogP contribution in [0.25, 0.3) is 10.9 Å². The van der Waals surface area contributed by atoms with Crippen molar-refractivity contribution in [3.8, 4) is 17.2 Å². The fourth-order valence-electron chi connectivity index (χ4n) is 2.45. The van der Waals surface area contributed by atoms with Crippen molar-refractivity contribution in [1.82, 2.24) is 4.98 Å². The lowest BCUT2D eigenvalue weighted by atomic mass is 10.0. The Balaban J connectivity index is 2.01. The summed E-state index contributed by atoms with van der Waals surface area (Å²) in [7, 11) is 3.23. The summed E-state index contributed by atoms with van der Waals surface area (Å²) in [4.78, 5) is 4.38. The van der Waals surface area contributed by atoms with Gasteiger partial charge in [0.05, 0.1) is 19.7 Å². The van der Waals surface area contributed by atoms with Crippen LogP contribution in [0.5, 0.6) is 17.2 Å². The fourth-order valence-corrected chi connectivity index (χ4v) is 2.45. The molecule has 4 nitrogen and oxygen atoms in total. The van der Waals surface area contributed by atoms with Crippen molar-refractivity contribution >= 4 is 10.9 Å². The van der Waals surface area contributed by atoms with Crippen LogP contribution >= 0.6 is 0 Å². The smallest absolute Gasteiger partial charge is 0.162 e. The standard InChI is InChI=1S/C18H19NO3/c1-12-4-6-13(7-5-12)22-16-8-9-19-15-11-18(21-3)17(20-2)10-14(15)16/h4,6-12H,5H2,1-3H3. The van der Waals surface area contributed by atoms with Gasteiger partial charge >= 0.3 is 0 Å². The van der Waals surface area contributed by atoms with E-state index in [1.54, 1.807) is 20.4 Å². The molecule has 1 heterocycles. The van der Waals surface area contributed by atoms with Crippen LogP contribution in [0, 0.1) is 5.92 Å². The van der Waals surface area contributed by atoms with Crippen molar-refractivity contribution in [2.75, 3.05) is 14.2 Å². The minimum Gasteiger partial charge on any atom is -0.493 e. The van der Waals surface area contributed by atoms with Crippen molar-refractivity contribution in [2.24, 2.45) is 5.92 Å². The molecule has 1 atom stereocenters. The predicted molar refractivity (Wildman–Crippen MR) is 86.5 cm³/mol. The lowest BCUT2D eigenvalue weighted by Gasteiger charge is -2.15. The van der Waals surface area contributed by atoms with Crippen LogP contribution in [0.2, 0.25) is 0 Å². The quantitative estimate of drug-likeness (QED) is 0.851. The number of rotatable bonds is 4. The van der Waals surface area contributed by atoms with E-state index in [0.29, 0.717) is 17.4 Å². The van der Waals surface area contributed by atoms with Crippen molar-refractivity contribution in [3.05, 3.63) is 48.4 Å². The molecule has 0 aliphatic heterocycles. The molecule has 2 aromatic rings. The number of pyridine rings is 1. The lowest BCUT2D eigenvalue weighted by Crippen LogP contribution is -2.01. The second kappa shape index (κ2) is 6.10. The molecule has 3 rings (SSSR count). The van der Waals surface area contributed by atoms with E-state index < -0.39 is 0 Å². The zero-order valence-corrected chi connectivity index (χ0v) is 13.0. The van der Waals surface area contributed by atoms with Gasteiger partial charge in [0, 0.05) is 17.6 Å². The van der Waals surface area contributed by atoms with Crippen molar-refractivity contribution in [2.45, 2.75) is 13.3 Å². The molecular weight excluding hydrogens is 278 g/mol. The minimum absolute atomic E-state index is 0.561. The molecule has 0 radical (unpaired) electrons. The molecule has 0 saturated heterocycles. The first-order valence-electron chi connectivity index (χ1n) is 7.28. The van der Waals surface area contributed by atoms with Gasteiger partial charge in [-0.2, -0.15) is 0 Å². The van der Waals surface area contributed by atoms with E-state index in [1.165, 1.54) is 0 Å². The number of benzene rings is 1. The van der Waals surface area contributed by atoms with Crippen LogP contribution in [0.15, 0.2) is 48.4 Å². The average Bonchev–Trinajstić information content (AvgIpc) is 2.56. The molecule has 1 unspecified atom stereocenters. The highest BCUT2D eigenvalue weighted by atomic mass is 16.5. The minimum atomic E-state index is 0.561. The third-order valence-electron chi connectivity index (χ3n) is 3.71. The third kappa shape index (κ3) is 2.77. The van der Waals surface area contributed by atoms with Crippen molar-refractivity contribution in [1.29, 1.82) is 0 Å². The van der Waals surface area contributed by atoms with Crippen LogP contribution in [0.1, 0.15) is 13.3 Å². The summed E-state index contributed by atoms with van der Waals surface area (Å²) in [6.07, 6.45) is 9.01. The number of fused-ring (bicyclic) bond motifs is 1. The van der Waals surface area contributed by atoms with Gasteiger partial charge in [0.2, 0.25) is 0 Å². The number of aromatic nitrogens is 1. The highest BCUT2D eigenvalue weighted by molar-refractivity contribution is 5.88. The summed E-state index contributed by atoms with van der Waals surface area (Å²) < 4.78 is 16.7. The molecular formula is C18H19NO3. The van der Waals surface area contributed by atoms with Gasteiger partial charge in [0.25, 0.3) is 0 Å². The first kappa shape index (κ1) is 14.4. The lowest BCUT2D eigenvalue weighted by molar-refractivity contribution is 0.355. The second-order valence-corrected chi connectivity index (χ2v) is 5.31. The van der Waals surface area contributed by atoms with Crippen molar-refractivity contribution < 1.29 is 14.2 Å². The van der Waals surface area contributed by atoms with Gasteiger partial charge in [-0.05, 0) is 36.6 Å². The Kier molecular flexibility index (Phi) is 4.00. The van der Waals surface area contributed by atoms with Gasteiger partial charge in [-0.25, -0.2) is 0 Å². The van der Waals surface area contributed by atoms with E-state index >= 15 is 0 Å². The molecule has 0 spiro atoms. The van der Waals surface area contributed by atoms with Crippen LogP contribution in [-0.2, 0) is 0 Å². The molecule has 0 saturated carbocycles.